The Hall–Kier alpha value is -1.14. The van der Waals surface area contributed by atoms with E-state index in [-0.39, 0.29) is 5.56 Å². The first kappa shape index (κ1) is 11.3. The summed E-state index contributed by atoms with van der Waals surface area (Å²) >= 11 is 4.82. The van der Waals surface area contributed by atoms with Gasteiger partial charge < -0.3 is 4.98 Å². The molecule has 0 bridgehead atoms. The number of rotatable bonds is 3. The zero-order valence-electron chi connectivity index (χ0n) is 8.18. The molecule has 2 rings (SSSR count). The molecule has 0 aliphatic rings. The summed E-state index contributed by atoms with van der Waals surface area (Å²) in [7, 11) is 0. The van der Waals surface area contributed by atoms with Crippen LogP contribution in [0.5, 0.6) is 0 Å². The fourth-order valence-corrected chi connectivity index (χ4v) is 2.29. The first-order valence-corrected chi connectivity index (χ1v) is 6.29. The largest absolute Gasteiger partial charge is 0.301 e. The number of hydrogen-bond donors (Lipinski definition) is 1. The highest BCUT2D eigenvalue weighted by atomic mass is 79.9. The molecule has 0 unspecified atom stereocenters. The van der Waals surface area contributed by atoms with Crippen molar-refractivity contribution in [2.24, 2.45) is 0 Å². The average Bonchev–Trinajstić information content (AvgIpc) is 2.27. The molecule has 1 N–H and O–H groups in total. The fraction of sp³-hybridized carbons (Fsp3) is 0.100. The second-order valence-corrected chi connectivity index (χ2v) is 4.92. The molecule has 2 aromatic heterocycles. The molecule has 0 aliphatic carbocycles. The summed E-state index contributed by atoms with van der Waals surface area (Å²) in [5.41, 5.74) is 0.941. The maximum absolute atomic E-state index is 11.0. The Bertz CT molecular complexity index is 543. The van der Waals surface area contributed by atoms with Crippen LogP contribution in [0.25, 0.3) is 0 Å². The standard InChI is InChI=1S/C10H8BrN3OS/c11-8-3-7(4-12-5-8)6-16-10-13-2-1-9(15)14-10/h1-5H,6H2,(H,13,14,15). The second-order valence-electron chi connectivity index (χ2n) is 3.04. The Kier molecular flexibility index (Phi) is 3.74. The van der Waals surface area contributed by atoms with E-state index in [1.807, 2.05) is 6.07 Å². The predicted octanol–water partition coefficient (Wildman–Crippen LogP) is 2.22. The van der Waals surface area contributed by atoms with Crippen molar-refractivity contribution in [1.82, 2.24) is 15.0 Å². The summed E-state index contributed by atoms with van der Waals surface area (Å²) in [5.74, 6) is 0.722. The van der Waals surface area contributed by atoms with Crippen molar-refractivity contribution in [2.75, 3.05) is 0 Å². The van der Waals surface area contributed by atoms with Crippen LogP contribution in [0.4, 0.5) is 0 Å². The highest BCUT2D eigenvalue weighted by Gasteiger charge is 1.99. The minimum atomic E-state index is -0.134. The van der Waals surface area contributed by atoms with Crippen molar-refractivity contribution in [1.29, 1.82) is 0 Å². The maximum Gasteiger partial charge on any atom is 0.251 e. The van der Waals surface area contributed by atoms with Gasteiger partial charge in [0.25, 0.3) is 5.56 Å². The van der Waals surface area contributed by atoms with E-state index in [0.717, 1.165) is 15.8 Å². The lowest BCUT2D eigenvalue weighted by Gasteiger charge is -2.00. The third kappa shape index (κ3) is 3.18. The minimum absolute atomic E-state index is 0.134. The van der Waals surface area contributed by atoms with Crippen LogP contribution in [0.2, 0.25) is 0 Å². The van der Waals surface area contributed by atoms with E-state index < -0.39 is 0 Å². The Morgan fingerprint density at radius 1 is 1.44 bits per heavy atom. The lowest BCUT2D eigenvalue weighted by molar-refractivity contribution is 0.936. The Labute approximate surface area is 105 Å². The zero-order valence-corrected chi connectivity index (χ0v) is 10.6. The normalized spacial score (nSPS) is 10.3. The van der Waals surface area contributed by atoms with E-state index >= 15 is 0 Å². The number of thioether (sulfide) groups is 1. The maximum atomic E-state index is 11.0. The van der Waals surface area contributed by atoms with Gasteiger partial charge in [0, 0.05) is 34.9 Å². The summed E-state index contributed by atoms with van der Waals surface area (Å²) in [6, 6.07) is 3.38. The lowest BCUT2D eigenvalue weighted by atomic mass is 10.3. The Morgan fingerprint density at radius 3 is 3.06 bits per heavy atom. The van der Waals surface area contributed by atoms with Gasteiger partial charge in [-0.05, 0) is 27.6 Å². The molecule has 4 nitrogen and oxygen atoms in total. The molecule has 0 saturated heterocycles. The van der Waals surface area contributed by atoms with Gasteiger partial charge in [0.2, 0.25) is 0 Å². The number of nitrogens with zero attached hydrogens (tertiary/aromatic N) is 2. The van der Waals surface area contributed by atoms with E-state index in [9.17, 15) is 4.79 Å². The molecule has 2 aromatic rings. The van der Waals surface area contributed by atoms with Gasteiger partial charge in [-0.2, -0.15) is 0 Å². The molecule has 0 radical (unpaired) electrons. The van der Waals surface area contributed by atoms with Crippen LogP contribution in [-0.2, 0) is 5.75 Å². The van der Waals surface area contributed by atoms with Crippen LogP contribution in [0.3, 0.4) is 0 Å². The summed E-state index contributed by atoms with van der Waals surface area (Å²) in [6.45, 7) is 0. The van der Waals surface area contributed by atoms with Crippen molar-refractivity contribution in [3.8, 4) is 0 Å². The van der Waals surface area contributed by atoms with E-state index in [4.69, 9.17) is 0 Å². The summed E-state index contributed by atoms with van der Waals surface area (Å²) in [4.78, 5) is 21.8. The SMILES string of the molecule is O=c1ccnc(SCc2cncc(Br)c2)[nH]1. The van der Waals surface area contributed by atoms with Gasteiger partial charge in [0.15, 0.2) is 5.16 Å². The molecular weight excluding hydrogens is 290 g/mol. The molecule has 0 saturated carbocycles. The van der Waals surface area contributed by atoms with Crippen LogP contribution >= 0.6 is 27.7 Å². The molecule has 0 aromatic carbocycles. The number of aromatic amines is 1. The first-order valence-electron chi connectivity index (χ1n) is 4.51. The smallest absolute Gasteiger partial charge is 0.251 e. The van der Waals surface area contributed by atoms with Gasteiger partial charge in [0.1, 0.15) is 0 Å². The third-order valence-corrected chi connectivity index (χ3v) is 3.18. The number of halogens is 1. The summed E-state index contributed by atoms with van der Waals surface area (Å²) in [5, 5.41) is 0.618. The van der Waals surface area contributed by atoms with Crippen molar-refractivity contribution in [2.45, 2.75) is 10.9 Å². The summed E-state index contributed by atoms with van der Waals surface area (Å²) < 4.78 is 0.945. The van der Waals surface area contributed by atoms with E-state index in [1.54, 1.807) is 12.4 Å². The molecule has 0 aliphatic heterocycles. The van der Waals surface area contributed by atoms with Gasteiger partial charge in [0.05, 0.1) is 0 Å². The highest BCUT2D eigenvalue weighted by molar-refractivity contribution is 9.10. The first-order chi connectivity index (χ1) is 7.74. The Morgan fingerprint density at radius 2 is 2.31 bits per heavy atom. The molecule has 16 heavy (non-hydrogen) atoms. The third-order valence-electron chi connectivity index (χ3n) is 1.78. The van der Waals surface area contributed by atoms with Crippen molar-refractivity contribution in [3.05, 3.63) is 51.1 Å². The fourth-order valence-electron chi connectivity index (χ4n) is 1.11. The molecule has 0 atom stereocenters. The highest BCUT2D eigenvalue weighted by Crippen LogP contribution is 2.19. The Balaban J connectivity index is 2.05. The average molecular weight is 298 g/mol. The quantitative estimate of drug-likeness (QED) is 0.697. The predicted molar refractivity (Wildman–Crippen MR) is 66.4 cm³/mol. The zero-order chi connectivity index (χ0) is 11.4. The molecule has 82 valence electrons. The number of hydrogen-bond acceptors (Lipinski definition) is 4. The van der Waals surface area contributed by atoms with Gasteiger partial charge in [-0.3, -0.25) is 9.78 Å². The molecule has 0 fully saturated rings. The van der Waals surface area contributed by atoms with Crippen LogP contribution < -0.4 is 5.56 Å². The van der Waals surface area contributed by atoms with Crippen LogP contribution in [0.15, 0.2) is 45.1 Å². The minimum Gasteiger partial charge on any atom is -0.301 e. The van der Waals surface area contributed by atoms with Crippen LogP contribution in [-0.4, -0.2) is 15.0 Å². The lowest BCUT2D eigenvalue weighted by Crippen LogP contribution is -2.05. The number of H-pyrrole nitrogens is 1. The van der Waals surface area contributed by atoms with Gasteiger partial charge >= 0.3 is 0 Å². The molecule has 0 amide bonds. The molecular formula is C10H8BrN3OS. The van der Waals surface area contributed by atoms with E-state index in [2.05, 4.69) is 30.9 Å². The van der Waals surface area contributed by atoms with Gasteiger partial charge in [-0.15, -0.1) is 0 Å². The second kappa shape index (κ2) is 5.27. The van der Waals surface area contributed by atoms with Crippen molar-refractivity contribution >= 4 is 27.7 Å². The number of aromatic nitrogens is 3. The number of pyridine rings is 1. The number of nitrogens with one attached hydrogen (secondary N) is 1. The molecule has 6 heteroatoms. The van der Waals surface area contributed by atoms with E-state index in [0.29, 0.717) is 5.16 Å². The van der Waals surface area contributed by atoms with E-state index in [1.165, 1.54) is 24.0 Å². The summed E-state index contributed by atoms with van der Waals surface area (Å²) in [6.07, 6.45) is 5.02. The van der Waals surface area contributed by atoms with Crippen LogP contribution in [0.1, 0.15) is 5.56 Å². The van der Waals surface area contributed by atoms with Gasteiger partial charge in [-0.1, -0.05) is 11.8 Å². The van der Waals surface area contributed by atoms with Gasteiger partial charge in [-0.25, -0.2) is 4.98 Å². The van der Waals surface area contributed by atoms with Crippen molar-refractivity contribution in [3.63, 3.8) is 0 Å². The molecule has 0 spiro atoms. The monoisotopic (exact) mass is 297 g/mol. The van der Waals surface area contributed by atoms with Crippen molar-refractivity contribution < 1.29 is 0 Å². The van der Waals surface area contributed by atoms with Crippen LogP contribution in [0, 0.1) is 0 Å². The topological polar surface area (TPSA) is 58.6 Å². The molecule has 2 heterocycles.